The fraction of sp³-hybridized carbons (Fsp3) is 0.381. The maximum Gasteiger partial charge on any atom is 0.422 e. The Hall–Kier alpha value is -3.74. The van der Waals surface area contributed by atoms with Gasteiger partial charge >= 0.3 is 12.2 Å². The highest BCUT2D eigenvalue weighted by molar-refractivity contribution is 6.44. The maximum absolute atomic E-state index is 12.6. The largest absolute Gasteiger partial charge is 0.508 e. The molecule has 0 bridgehead atoms. The summed E-state index contributed by atoms with van der Waals surface area (Å²) in [4.78, 5) is 28.4. The van der Waals surface area contributed by atoms with Crippen LogP contribution in [0.25, 0.3) is 0 Å². The number of hydrogen-bond donors (Lipinski definition) is 4. The van der Waals surface area contributed by atoms with E-state index in [9.17, 15) is 23.1 Å². The fourth-order valence-electron chi connectivity index (χ4n) is 2.88. The number of amides is 1. The molecule has 2 heterocycles. The predicted molar refractivity (Wildman–Crippen MR) is 118 cm³/mol. The molecule has 5 N–H and O–H groups in total. The number of nitrogens with zero attached hydrogens (tertiary/aromatic N) is 4. The first-order valence-electron chi connectivity index (χ1n) is 10.4. The Balaban J connectivity index is 1.70. The molecule has 0 saturated heterocycles. The summed E-state index contributed by atoms with van der Waals surface area (Å²) >= 11 is 0. The van der Waals surface area contributed by atoms with E-state index in [-0.39, 0.29) is 48.7 Å². The van der Waals surface area contributed by atoms with Crippen LogP contribution in [-0.4, -0.2) is 64.1 Å². The van der Waals surface area contributed by atoms with Crippen LogP contribution in [-0.2, 0) is 17.8 Å². The Morgan fingerprint density at radius 3 is 2.65 bits per heavy atom. The second-order valence-corrected chi connectivity index (χ2v) is 7.36. The number of ether oxygens (including phenoxy) is 1. The SMILES string of the molecule is NCCCNC(=O)C1=NCC(Cc2nc(NCc3ccc(O)cc3)nc(OCC(F)(F)F)n2)=C1. The van der Waals surface area contributed by atoms with Crippen LogP contribution in [0.4, 0.5) is 19.1 Å². The van der Waals surface area contributed by atoms with Crippen molar-refractivity contribution in [1.82, 2.24) is 20.3 Å². The topological polar surface area (TPSA) is 148 Å². The Kier molecular flexibility index (Phi) is 8.35. The molecule has 0 fully saturated rings. The van der Waals surface area contributed by atoms with Gasteiger partial charge in [0.25, 0.3) is 5.91 Å². The van der Waals surface area contributed by atoms with Crippen LogP contribution in [0, 0.1) is 0 Å². The molecule has 1 amide bonds. The number of rotatable bonds is 11. The summed E-state index contributed by atoms with van der Waals surface area (Å²) in [6, 6.07) is 5.88. The number of carbonyl (C=O) groups is 1. The van der Waals surface area contributed by atoms with Crippen LogP contribution >= 0.6 is 0 Å². The van der Waals surface area contributed by atoms with Gasteiger partial charge in [-0.1, -0.05) is 12.1 Å². The molecule has 34 heavy (non-hydrogen) atoms. The highest BCUT2D eigenvalue weighted by Gasteiger charge is 2.29. The van der Waals surface area contributed by atoms with Gasteiger partial charge in [0.1, 0.15) is 17.3 Å². The molecule has 2 aromatic rings. The van der Waals surface area contributed by atoms with E-state index in [0.29, 0.717) is 25.1 Å². The molecule has 0 aliphatic carbocycles. The van der Waals surface area contributed by atoms with Crippen LogP contribution in [0.3, 0.4) is 0 Å². The fourth-order valence-corrected chi connectivity index (χ4v) is 2.88. The normalized spacial score (nSPS) is 13.3. The molecule has 1 aliphatic rings. The zero-order valence-corrected chi connectivity index (χ0v) is 18.1. The number of carbonyl (C=O) groups excluding carboxylic acids is 1. The average molecular weight is 479 g/mol. The van der Waals surface area contributed by atoms with Crippen molar-refractivity contribution < 1.29 is 27.8 Å². The van der Waals surface area contributed by atoms with E-state index < -0.39 is 18.8 Å². The summed E-state index contributed by atoms with van der Waals surface area (Å²) in [6.45, 7) is -0.176. The number of anilines is 1. The molecule has 0 atom stereocenters. The molecule has 0 spiro atoms. The minimum absolute atomic E-state index is 0.0227. The number of aliphatic imine (C=N–C) groups is 1. The average Bonchev–Trinajstić information content (AvgIpc) is 3.25. The van der Waals surface area contributed by atoms with Gasteiger partial charge in [-0.3, -0.25) is 9.79 Å². The molecule has 0 radical (unpaired) electrons. The number of nitrogens with two attached hydrogens (primary N) is 1. The zero-order chi connectivity index (χ0) is 24.6. The first-order valence-corrected chi connectivity index (χ1v) is 10.4. The number of phenolic OH excluding ortho intramolecular Hbond substituents is 1. The van der Waals surface area contributed by atoms with Crippen molar-refractivity contribution in [3.05, 3.63) is 47.3 Å². The zero-order valence-electron chi connectivity index (χ0n) is 18.1. The first kappa shape index (κ1) is 24.9. The van der Waals surface area contributed by atoms with Gasteiger partial charge < -0.3 is 26.2 Å². The van der Waals surface area contributed by atoms with Gasteiger partial charge in [-0.25, -0.2) is 0 Å². The van der Waals surface area contributed by atoms with E-state index in [4.69, 9.17) is 10.5 Å². The van der Waals surface area contributed by atoms with Crippen molar-refractivity contribution >= 4 is 17.6 Å². The van der Waals surface area contributed by atoms with E-state index in [0.717, 1.165) is 5.56 Å². The summed E-state index contributed by atoms with van der Waals surface area (Å²) < 4.78 is 42.5. The Labute approximate surface area is 193 Å². The quantitative estimate of drug-likeness (QED) is 0.355. The Morgan fingerprint density at radius 2 is 1.94 bits per heavy atom. The lowest BCUT2D eigenvalue weighted by atomic mass is 10.1. The smallest absolute Gasteiger partial charge is 0.422 e. The minimum Gasteiger partial charge on any atom is -0.508 e. The standard InChI is InChI=1S/C21H24F3N7O3/c22-21(23,24)12-34-20-30-17(9-14-8-16(27-11-14)18(33)26-7-1-6-25)29-19(31-20)28-10-13-2-4-15(32)5-3-13/h2-5,8,32H,1,6-7,9-12,25H2,(H,26,33)(H,28,29,30,31). The first-order chi connectivity index (χ1) is 16.2. The number of halogens is 3. The lowest BCUT2D eigenvalue weighted by molar-refractivity contribution is -0.154. The molecule has 3 rings (SSSR count). The highest BCUT2D eigenvalue weighted by Crippen LogP contribution is 2.19. The van der Waals surface area contributed by atoms with Crippen LogP contribution in [0.1, 0.15) is 17.8 Å². The van der Waals surface area contributed by atoms with Gasteiger partial charge in [-0.05, 0) is 42.3 Å². The number of aromatic hydroxyl groups is 1. The third-order valence-electron chi connectivity index (χ3n) is 4.49. The number of hydrogen-bond acceptors (Lipinski definition) is 9. The van der Waals surface area contributed by atoms with Crippen LogP contribution < -0.4 is 21.1 Å². The molecule has 182 valence electrons. The number of nitrogens with one attached hydrogen (secondary N) is 2. The third-order valence-corrected chi connectivity index (χ3v) is 4.49. The Morgan fingerprint density at radius 1 is 1.18 bits per heavy atom. The molecule has 1 aliphatic heterocycles. The molecular weight excluding hydrogens is 455 g/mol. The van der Waals surface area contributed by atoms with Gasteiger partial charge in [0.2, 0.25) is 5.95 Å². The van der Waals surface area contributed by atoms with E-state index in [1.54, 1.807) is 18.2 Å². The Bertz CT molecular complexity index is 1060. The van der Waals surface area contributed by atoms with Crippen molar-refractivity contribution in [1.29, 1.82) is 0 Å². The van der Waals surface area contributed by atoms with E-state index in [1.165, 1.54) is 12.1 Å². The molecule has 13 heteroatoms. The molecule has 1 aromatic carbocycles. The van der Waals surface area contributed by atoms with E-state index >= 15 is 0 Å². The molecule has 0 saturated carbocycles. The van der Waals surface area contributed by atoms with Gasteiger partial charge in [-0.15, -0.1) is 0 Å². The lowest BCUT2D eigenvalue weighted by Crippen LogP contribution is -2.31. The van der Waals surface area contributed by atoms with Crippen molar-refractivity contribution in [2.45, 2.75) is 25.6 Å². The minimum atomic E-state index is -4.56. The third kappa shape index (κ3) is 7.99. The highest BCUT2D eigenvalue weighted by atomic mass is 19.4. The summed E-state index contributed by atoms with van der Waals surface area (Å²) in [5.41, 5.74) is 7.15. The van der Waals surface area contributed by atoms with Crippen molar-refractivity contribution in [3.8, 4) is 11.8 Å². The predicted octanol–water partition coefficient (Wildman–Crippen LogP) is 1.52. The number of phenols is 1. The number of aromatic nitrogens is 3. The van der Waals surface area contributed by atoms with Gasteiger partial charge in [0.05, 0.1) is 6.54 Å². The van der Waals surface area contributed by atoms with E-state index in [2.05, 4.69) is 30.6 Å². The van der Waals surface area contributed by atoms with Gasteiger partial charge in [0, 0.05) is 19.5 Å². The van der Waals surface area contributed by atoms with Crippen LogP contribution in [0.5, 0.6) is 11.8 Å². The summed E-state index contributed by atoms with van der Waals surface area (Å²) in [5.74, 6) is -0.0424. The molecular formula is C21H24F3N7O3. The summed E-state index contributed by atoms with van der Waals surface area (Å²) in [5, 5.41) is 15.0. The van der Waals surface area contributed by atoms with Gasteiger partial charge in [-0.2, -0.15) is 28.1 Å². The van der Waals surface area contributed by atoms with E-state index in [1.807, 2.05) is 0 Å². The monoisotopic (exact) mass is 479 g/mol. The second-order valence-electron chi connectivity index (χ2n) is 7.36. The van der Waals surface area contributed by atoms with Crippen molar-refractivity contribution in [2.24, 2.45) is 10.7 Å². The summed E-state index contributed by atoms with van der Waals surface area (Å²) in [6.07, 6.45) is -2.18. The van der Waals surface area contributed by atoms with Crippen molar-refractivity contribution in [3.63, 3.8) is 0 Å². The maximum atomic E-state index is 12.6. The second kappa shape index (κ2) is 11.4. The molecule has 0 unspecified atom stereocenters. The number of benzene rings is 1. The summed E-state index contributed by atoms with van der Waals surface area (Å²) in [7, 11) is 0. The lowest BCUT2D eigenvalue weighted by Gasteiger charge is -2.11. The van der Waals surface area contributed by atoms with Crippen LogP contribution in [0.2, 0.25) is 0 Å². The number of alkyl halides is 3. The molecule has 1 aromatic heterocycles. The van der Waals surface area contributed by atoms with Crippen LogP contribution in [0.15, 0.2) is 40.9 Å². The molecule has 10 nitrogen and oxygen atoms in total. The van der Waals surface area contributed by atoms with Gasteiger partial charge in [0.15, 0.2) is 6.61 Å². The van der Waals surface area contributed by atoms with Crippen molar-refractivity contribution in [2.75, 3.05) is 31.6 Å².